The SMILES string of the molecule is CCCN1CCOC(CC(=O)OC)C1. The minimum atomic E-state index is -0.187. The molecule has 1 rings (SSSR count). The van der Waals surface area contributed by atoms with Crippen LogP contribution in [0.3, 0.4) is 0 Å². The summed E-state index contributed by atoms with van der Waals surface area (Å²) < 4.78 is 10.1. The topological polar surface area (TPSA) is 38.8 Å². The Hall–Kier alpha value is -0.610. The molecular weight excluding hydrogens is 182 g/mol. The van der Waals surface area contributed by atoms with Crippen molar-refractivity contribution in [1.82, 2.24) is 4.90 Å². The molecule has 0 saturated carbocycles. The zero-order valence-corrected chi connectivity index (χ0v) is 8.99. The summed E-state index contributed by atoms with van der Waals surface area (Å²) >= 11 is 0. The summed E-state index contributed by atoms with van der Waals surface area (Å²) in [5.74, 6) is -0.187. The lowest BCUT2D eigenvalue weighted by atomic mass is 10.2. The maximum Gasteiger partial charge on any atom is 0.308 e. The molecule has 0 spiro atoms. The molecule has 0 aromatic rings. The van der Waals surface area contributed by atoms with Gasteiger partial charge in [-0.2, -0.15) is 0 Å². The zero-order valence-electron chi connectivity index (χ0n) is 8.99. The molecule has 14 heavy (non-hydrogen) atoms. The van der Waals surface area contributed by atoms with Crippen LogP contribution in [0.5, 0.6) is 0 Å². The summed E-state index contributed by atoms with van der Waals surface area (Å²) in [5, 5.41) is 0. The van der Waals surface area contributed by atoms with E-state index in [1.165, 1.54) is 7.11 Å². The van der Waals surface area contributed by atoms with E-state index >= 15 is 0 Å². The van der Waals surface area contributed by atoms with E-state index in [0.29, 0.717) is 6.42 Å². The zero-order chi connectivity index (χ0) is 10.4. The van der Waals surface area contributed by atoms with E-state index < -0.39 is 0 Å². The van der Waals surface area contributed by atoms with Crippen LogP contribution >= 0.6 is 0 Å². The number of carbonyl (C=O) groups is 1. The monoisotopic (exact) mass is 201 g/mol. The average Bonchev–Trinajstić information content (AvgIpc) is 2.19. The predicted octanol–water partition coefficient (Wildman–Crippen LogP) is 0.660. The first-order valence-corrected chi connectivity index (χ1v) is 5.17. The second-order valence-corrected chi connectivity index (χ2v) is 3.57. The molecule has 1 aliphatic rings. The van der Waals surface area contributed by atoms with E-state index in [1.54, 1.807) is 0 Å². The number of nitrogens with zero attached hydrogens (tertiary/aromatic N) is 1. The van der Waals surface area contributed by atoms with Crippen molar-refractivity contribution < 1.29 is 14.3 Å². The molecule has 4 nitrogen and oxygen atoms in total. The minimum Gasteiger partial charge on any atom is -0.469 e. The Kier molecular flexibility index (Phi) is 4.90. The van der Waals surface area contributed by atoms with Gasteiger partial charge in [-0.3, -0.25) is 9.69 Å². The van der Waals surface area contributed by atoms with Crippen LogP contribution in [0.4, 0.5) is 0 Å². The third-order valence-corrected chi connectivity index (χ3v) is 2.38. The molecule has 1 unspecified atom stereocenters. The molecule has 1 saturated heterocycles. The Morgan fingerprint density at radius 1 is 1.64 bits per heavy atom. The van der Waals surface area contributed by atoms with Gasteiger partial charge in [0.1, 0.15) is 0 Å². The number of hydrogen-bond donors (Lipinski definition) is 0. The molecular formula is C10H19NO3. The van der Waals surface area contributed by atoms with Gasteiger partial charge in [0.05, 0.1) is 26.2 Å². The Bertz CT molecular complexity index is 182. The Morgan fingerprint density at radius 2 is 2.43 bits per heavy atom. The van der Waals surface area contributed by atoms with Crippen LogP contribution in [-0.4, -0.2) is 50.3 Å². The van der Waals surface area contributed by atoms with Crippen LogP contribution in [0.25, 0.3) is 0 Å². The van der Waals surface area contributed by atoms with Crippen LogP contribution in [0, 0.1) is 0 Å². The second kappa shape index (κ2) is 5.98. The van der Waals surface area contributed by atoms with Crippen molar-refractivity contribution in [3.8, 4) is 0 Å². The van der Waals surface area contributed by atoms with E-state index in [9.17, 15) is 4.79 Å². The number of esters is 1. The van der Waals surface area contributed by atoms with Crippen LogP contribution in [0.2, 0.25) is 0 Å². The van der Waals surface area contributed by atoms with Gasteiger partial charge in [0.25, 0.3) is 0 Å². The van der Waals surface area contributed by atoms with Gasteiger partial charge in [0.15, 0.2) is 0 Å². The number of ether oxygens (including phenoxy) is 2. The fourth-order valence-electron chi connectivity index (χ4n) is 1.69. The molecule has 1 heterocycles. The fraction of sp³-hybridized carbons (Fsp3) is 0.900. The maximum absolute atomic E-state index is 11.0. The summed E-state index contributed by atoms with van der Waals surface area (Å²) in [6.07, 6.45) is 1.53. The smallest absolute Gasteiger partial charge is 0.308 e. The summed E-state index contributed by atoms with van der Waals surface area (Å²) in [6.45, 7) is 5.79. The molecule has 0 bridgehead atoms. The van der Waals surface area contributed by atoms with Crippen molar-refractivity contribution in [1.29, 1.82) is 0 Å². The van der Waals surface area contributed by atoms with Crippen molar-refractivity contribution in [3.05, 3.63) is 0 Å². The lowest BCUT2D eigenvalue weighted by Crippen LogP contribution is -2.43. The molecule has 0 radical (unpaired) electrons. The van der Waals surface area contributed by atoms with Crippen LogP contribution in [-0.2, 0) is 14.3 Å². The van der Waals surface area contributed by atoms with Crippen LogP contribution < -0.4 is 0 Å². The molecule has 0 amide bonds. The highest BCUT2D eigenvalue weighted by Crippen LogP contribution is 2.09. The Balaban J connectivity index is 2.28. The minimum absolute atomic E-state index is 0.0164. The number of methoxy groups -OCH3 is 1. The van der Waals surface area contributed by atoms with Gasteiger partial charge in [-0.05, 0) is 13.0 Å². The lowest BCUT2D eigenvalue weighted by Gasteiger charge is -2.32. The molecule has 0 aromatic carbocycles. The molecule has 0 aromatic heterocycles. The maximum atomic E-state index is 11.0. The molecule has 1 aliphatic heterocycles. The third-order valence-electron chi connectivity index (χ3n) is 2.38. The number of carbonyl (C=O) groups excluding carboxylic acids is 1. The van der Waals surface area contributed by atoms with E-state index in [-0.39, 0.29) is 12.1 Å². The Morgan fingerprint density at radius 3 is 3.07 bits per heavy atom. The third kappa shape index (κ3) is 3.64. The van der Waals surface area contributed by atoms with Gasteiger partial charge in [-0.25, -0.2) is 0 Å². The van der Waals surface area contributed by atoms with Crippen molar-refractivity contribution in [2.75, 3.05) is 33.4 Å². The van der Waals surface area contributed by atoms with E-state index in [1.807, 2.05) is 0 Å². The molecule has 1 atom stereocenters. The quantitative estimate of drug-likeness (QED) is 0.626. The van der Waals surface area contributed by atoms with Crippen molar-refractivity contribution in [2.45, 2.75) is 25.9 Å². The highest BCUT2D eigenvalue weighted by Gasteiger charge is 2.22. The van der Waals surface area contributed by atoms with Crippen molar-refractivity contribution in [3.63, 3.8) is 0 Å². The van der Waals surface area contributed by atoms with Gasteiger partial charge < -0.3 is 9.47 Å². The van der Waals surface area contributed by atoms with Crippen LogP contribution in [0.15, 0.2) is 0 Å². The normalized spacial score (nSPS) is 23.4. The summed E-state index contributed by atoms with van der Waals surface area (Å²) in [6, 6.07) is 0. The van der Waals surface area contributed by atoms with Crippen molar-refractivity contribution >= 4 is 5.97 Å². The summed E-state index contributed by atoms with van der Waals surface area (Å²) in [4.78, 5) is 13.4. The fourth-order valence-corrected chi connectivity index (χ4v) is 1.69. The first kappa shape index (κ1) is 11.5. The summed E-state index contributed by atoms with van der Waals surface area (Å²) in [5.41, 5.74) is 0. The van der Waals surface area contributed by atoms with Gasteiger partial charge in [0.2, 0.25) is 0 Å². The standard InChI is InChI=1S/C10H19NO3/c1-3-4-11-5-6-14-9(8-11)7-10(12)13-2/h9H,3-8H2,1-2H3. The summed E-state index contributed by atoms with van der Waals surface area (Å²) in [7, 11) is 1.41. The van der Waals surface area contributed by atoms with E-state index in [2.05, 4.69) is 16.6 Å². The molecule has 82 valence electrons. The molecule has 4 heteroatoms. The molecule has 0 N–H and O–H groups in total. The average molecular weight is 201 g/mol. The Labute approximate surface area is 85.2 Å². The van der Waals surface area contributed by atoms with Gasteiger partial charge in [-0.15, -0.1) is 0 Å². The number of morpholine rings is 1. The first-order valence-electron chi connectivity index (χ1n) is 5.17. The molecule has 0 aliphatic carbocycles. The predicted molar refractivity (Wildman–Crippen MR) is 53.1 cm³/mol. The first-order chi connectivity index (χ1) is 6.76. The highest BCUT2D eigenvalue weighted by molar-refractivity contribution is 5.69. The number of rotatable bonds is 4. The second-order valence-electron chi connectivity index (χ2n) is 3.57. The molecule has 1 fully saturated rings. The lowest BCUT2D eigenvalue weighted by molar-refractivity contribution is -0.145. The van der Waals surface area contributed by atoms with Gasteiger partial charge in [0, 0.05) is 13.1 Å². The largest absolute Gasteiger partial charge is 0.469 e. The number of hydrogen-bond acceptors (Lipinski definition) is 4. The van der Waals surface area contributed by atoms with E-state index in [0.717, 1.165) is 32.7 Å². The van der Waals surface area contributed by atoms with Gasteiger partial charge in [-0.1, -0.05) is 6.92 Å². The van der Waals surface area contributed by atoms with Crippen molar-refractivity contribution in [2.24, 2.45) is 0 Å². The van der Waals surface area contributed by atoms with E-state index in [4.69, 9.17) is 4.74 Å². The highest BCUT2D eigenvalue weighted by atomic mass is 16.5. The van der Waals surface area contributed by atoms with Crippen LogP contribution in [0.1, 0.15) is 19.8 Å². The van der Waals surface area contributed by atoms with Gasteiger partial charge >= 0.3 is 5.97 Å².